The lowest BCUT2D eigenvalue weighted by Gasteiger charge is -2.20. The molecule has 0 spiro atoms. The molecule has 0 bridgehead atoms. The van der Waals surface area contributed by atoms with Crippen molar-refractivity contribution in [3.63, 3.8) is 0 Å². The minimum Gasteiger partial charge on any atom is -0.467 e. The van der Waals surface area contributed by atoms with E-state index in [1.807, 2.05) is 18.3 Å². The van der Waals surface area contributed by atoms with Crippen molar-refractivity contribution in [3.05, 3.63) is 35.2 Å². The largest absolute Gasteiger partial charge is 0.467 e. The molecule has 1 unspecified atom stereocenters. The normalized spacial score (nSPS) is 16.1. The van der Waals surface area contributed by atoms with Gasteiger partial charge >= 0.3 is 0 Å². The van der Waals surface area contributed by atoms with Crippen LogP contribution < -0.4 is 10.2 Å². The number of furan rings is 1. The minimum absolute atomic E-state index is 0.376. The van der Waals surface area contributed by atoms with E-state index >= 15 is 0 Å². The maximum Gasteiger partial charge on any atom is 0.186 e. The van der Waals surface area contributed by atoms with Crippen LogP contribution in [0, 0.1) is 0 Å². The SMILES string of the molecule is CCCNC(C)c1cnc(N(Cc2ccco2)C2CC2)s1. The average Bonchev–Trinajstić information content (AvgIpc) is 3.01. The van der Waals surface area contributed by atoms with E-state index in [2.05, 4.69) is 29.0 Å². The Bertz CT molecular complexity index is 548. The maximum atomic E-state index is 5.49. The highest BCUT2D eigenvalue weighted by molar-refractivity contribution is 7.15. The highest BCUT2D eigenvalue weighted by atomic mass is 32.1. The third kappa shape index (κ3) is 3.66. The molecular weight excluding hydrogens is 282 g/mol. The lowest BCUT2D eigenvalue weighted by atomic mass is 10.3. The average molecular weight is 305 g/mol. The van der Waals surface area contributed by atoms with Gasteiger partial charge in [-0.05, 0) is 44.9 Å². The predicted octanol–water partition coefficient (Wildman–Crippen LogP) is 3.97. The van der Waals surface area contributed by atoms with Crippen LogP contribution in [0.25, 0.3) is 0 Å². The Balaban J connectivity index is 1.70. The molecule has 21 heavy (non-hydrogen) atoms. The van der Waals surface area contributed by atoms with Gasteiger partial charge in [0.2, 0.25) is 0 Å². The van der Waals surface area contributed by atoms with Gasteiger partial charge in [-0.2, -0.15) is 0 Å². The van der Waals surface area contributed by atoms with Crippen LogP contribution in [0.1, 0.15) is 49.8 Å². The van der Waals surface area contributed by atoms with Gasteiger partial charge in [-0.15, -0.1) is 11.3 Å². The van der Waals surface area contributed by atoms with Gasteiger partial charge in [-0.1, -0.05) is 6.92 Å². The molecule has 114 valence electrons. The monoisotopic (exact) mass is 305 g/mol. The zero-order valence-corrected chi connectivity index (χ0v) is 13.5. The van der Waals surface area contributed by atoms with Crippen molar-refractivity contribution in [2.45, 2.75) is 51.7 Å². The van der Waals surface area contributed by atoms with Gasteiger partial charge < -0.3 is 14.6 Å². The van der Waals surface area contributed by atoms with E-state index in [0.717, 1.165) is 30.4 Å². The van der Waals surface area contributed by atoms with Crippen LogP contribution in [-0.4, -0.2) is 17.6 Å². The van der Waals surface area contributed by atoms with E-state index in [4.69, 9.17) is 4.42 Å². The Morgan fingerprint density at radius 2 is 2.38 bits per heavy atom. The first-order chi connectivity index (χ1) is 10.3. The first kappa shape index (κ1) is 14.6. The zero-order chi connectivity index (χ0) is 14.7. The number of nitrogens with zero attached hydrogens (tertiary/aromatic N) is 2. The maximum absolute atomic E-state index is 5.49. The summed E-state index contributed by atoms with van der Waals surface area (Å²) in [5.74, 6) is 1.01. The topological polar surface area (TPSA) is 41.3 Å². The molecule has 4 nitrogen and oxygen atoms in total. The summed E-state index contributed by atoms with van der Waals surface area (Å²) in [6.45, 7) is 6.27. The lowest BCUT2D eigenvalue weighted by Crippen LogP contribution is -2.24. The molecule has 1 atom stereocenters. The van der Waals surface area contributed by atoms with Gasteiger partial charge in [0.1, 0.15) is 5.76 Å². The lowest BCUT2D eigenvalue weighted by molar-refractivity contribution is 0.501. The predicted molar refractivity (Wildman–Crippen MR) is 86.7 cm³/mol. The summed E-state index contributed by atoms with van der Waals surface area (Å²) >= 11 is 1.80. The molecule has 0 aromatic carbocycles. The van der Waals surface area contributed by atoms with Crippen LogP contribution in [0.5, 0.6) is 0 Å². The van der Waals surface area contributed by atoms with Crippen molar-refractivity contribution in [2.24, 2.45) is 0 Å². The van der Waals surface area contributed by atoms with Gasteiger partial charge in [0.05, 0.1) is 12.8 Å². The molecule has 5 heteroatoms. The number of aromatic nitrogens is 1. The minimum atomic E-state index is 0.376. The van der Waals surface area contributed by atoms with Crippen molar-refractivity contribution in [1.29, 1.82) is 0 Å². The summed E-state index contributed by atoms with van der Waals surface area (Å²) in [5, 5.41) is 4.64. The number of nitrogens with one attached hydrogen (secondary N) is 1. The van der Waals surface area contributed by atoms with Crippen LogP contribution in [0.3, 0.4) is 0 Å². The summed E-state index contributed by atoms with van der Waals surface area (Å²) in [6, 6.07) is 4.99. The molecule has 1 aliphatic carbocycles. The molecule has 0 radical (unpaired) electrons. The Morgan fingerprint density at radius 3 is 3.05 bits per heavy atom. The summed E-state index contributed by atoms with van der Waals surface area (Å²) in [5.41, 5.74) is 0. The second-order valence-electron chi connectivity index (χ2n) is 5.66. The van der Waals surface area contributed by atoms with Crippen LogP contribution in [-0.2, 0) is 6.54 Å². The third-order valence-corrected chi connectivity index (χ3v) is 5.00. The van der Waals surface area contributed by atoms with E-state index in [9.17, 15) is 0 Å². The third-order valence-electron chi connectivity index (χ3n) is 3.78. The molecule has 2 heterocycles. The van der Waals surface area contributed by atoms with Crippen molar-refractivity contribution in [3.8, 4) is 0 Å². The van der Waals surface area contributed by atoms with Crippen molar-refractivity contribution in [2.75, 3.05) is 11.4 Å². The number of thiazole rings is 1. The van der Waals surface area contributed by atoms with Gasteiger partial charge in [0.25, 0.3) is 0 Å². The first-order valence-corrected chi connectivity index (χ1v) is 8.57. The van der Waals surface area contributed by atoms with E-state index in [-0.39, 0.29) is 0 Å². The van der Waals surface area contributed by atoms with Gasteiger partial charge in [0, 0.05) is 23.2 Å². The zero-order valence-electron chi connectivity index (χ0n) is 12.7. The van der Waals surface area contributed by atoms with Crippen LogP contribution >= 0.6 is 11.3 Å². The molecule has 1 N–H and O–H groups in total. The van der Waals surface area contributed by atoms with Crippen LogP contribution in [0.15, 0.2) is 29.0 Å². The van der Waals surface area contributed by atoms with Gasteiger partial charge in [-0.25, -0.2) is 4.98 Å². The molecule has 1 aliphatic rings. The Labute approximate surface area is 130 Å². The quantitative estimate of drug-likeness (QED) is 0.801. The number of hydrogen-bond donors (Lipinski definition) is 1. The summed E-state index contributed by atoms with van der Waals surface area (Å²) in [6.07, 6.45) is 7.44. The Kier molecular flexibility index (Phi) is 4.60. The van der Waals surface area contributed by atoms with E-state index in [1.54, 1.807) is 17.6 Å². The number of hydrogen-bond acceptors (Lipinski definition) is 5. The second kappa shape index (κ2) is 6.62. The van der Waals surface area contributed by atoms with Crippen molar-refractivity contribution < 1.29 is 4.42 Å². The first-order valence-electron chi connectivity index (χ1n) is 7.76. The van der Waals surface area contributed by atoms with Crippen molar-refractivity contribution >= 4 is 16.5 Å². The van der Waals surface area contributed by atoms with Gasteiger partial charge in [-0.3, -0.25) is 0 Å². The highest BCUT2D eigenvalue weighted by Crippen LogP contribution is 2.36. The Hall–Kier alpha value is -1.33. The van der Waals surface area contributed by atoms with Crippen LogP contribution in [0.2, 0.25) is 0 Å². The molecule has 0 saturated heterocycles. The molecule has 1 fully saturated rings. The van der Waals surface area contributed by atoms with E-state index in [0.29, 0.717) is 12.1 Å². The molecular formula is C16H23N3OS. The highest BCUT2D eigenvalue weighted by Gasteiger charge is 2.31. The molecule has 0 aliphatic heterocycles. The molecule has 2 aromatic rings. The summed E-state index contributed by atoms with van der Waals surface area (Å²) in [4.78, 5) is 8.35. The standard InChI is InChI=1S/C16H23N3OS/c1-3-8-17-12(2)15-10-18-16(21-15)19(13-6-7-13)11-14-5-4-9-20-14/h4-5,9-10,12-13,17H,3,6-8,11H2,1-2H3. The molecule has 0 amide bonds. The summed E-state index contributed by atoms with van der Waals surface area (Å²) in [7, 11) is 0. The fourth-order valence-corrected chi connectivity index (χ4v) is 3.39. The molecule has 2 aromatic heterocycles. The fraction of sp³-hybridized carbons (Fsp3) is 0.562. The Morgan fingerprint density at radius 1 is 1.52 bits per heavy atom. The molecule has 3 rings (SSSR count). The van der Waals surface area contributed by atoms with Gasteiger partial charge in [0.15, 0.2) is 5.13 Å². The number of anilines is 1. The van der Waals surface area contributed by atoms with E-state index in [1.165, 1.54) is 17.7 Å². The number of rotatable bonds is 8. The summed E-state index contributed by atoms with van der Waals surface area (Å²) < 4.78 is 5.49. The van der Waals surface area contributed by atoms with Crippen LogP contribution in [0.4, 0.5) is 5.13 Å². The van der Waals surface area contributed by atoms with Crippen molar-refractivity contribution in [1.82, 2.24) is 10.3 Å². The smallest absolute Gasteiger partial charge is 0.186 e. The molecule has 1 saturated carbocycles. The van der Waals surface area contributed by atoms with E-state index < -0.39 is 0 Å². The fourth-order valence-electron chi connectivity index (χ4n) is 2.38. The second-order valence-corrected chi connectivity index (χ2v) is 6.70.